The summed E-state index contributed by atoms with van der Waals surface area (Å²) in [5, 5.41) is 7.85. The minimum Gasteiger partial charge on any atom is -0.382 e. The number of nitrogens with two attached hydrogens (primary N) is 2. The van der Waals surface area contributed by atoms with E-state index in [1.54, 1.807) is 17.4 Å². The van der Waals surface area contributed by atoms with Crippen molar-refractivity contribution in [2.75, 3.05) is 5.73 Å². The van der Waals surface area contributed by atoms with Crippen LogP contribution in [0.2, 0.25) is 4.34 Å². The number of aromatic amines is 1. The number of aryl methyl sites for hydroxylation is 2. The van der Waals surface area contributed by atoms with Crippen LogP contribution < -0.4 is 11.5 Å². The quantitative estimate of drug-likeness (QED) is 0.466. The smallest absolute Gasteiger partial charge is 0.248 e. The Morgan fingerprint density at radius 3 is 2.78 bits per heavy atom. The van der Waals surface area contributed by atoms with E-state index in [9.17, 15) is 4.79 Å². The van der Waals surface area contributed by atoms with E-state index in [-0.39, 0.29) is 0 Å². The second-order valence-corrected chi connectivity index (χ2v) is 8.03. The molecular weight excluding hydrogens is 380 g/mol. The first-order valence-corrected chi connectivity index (χ1v) is 9.62. The third-order valence-corrected chi connectivity index (χ3v) is 5.98. The molecule has 0 fully saturated rings. The van der Waals surface area contributed by atoms with E-state index in [4.69, 9.17) is 23.1 Å². The average molecular weight is 397 g/mol. The second kappa shape index (κ2) is 7.06. The fourth-order valence-electron chi connectivity index (χ4n) is 3.18. The molecule has 0 aliphatic rings. The minimum absolute atomic E-state index is 0.400. The SMILES string of the molecule is NC(=O)c1ccccc1CCc1cc(-c2ccc3c(N)n[nH]c3c2)c(Cl)s1. The van der Waals surface area contributed by atoms with Crippen LogP contribution in [-0.2, 0) is 12.8 Å². The maximum absolute atomic E-state index is 11.6. The highest BCUT2D eigenvalue weighted by molar-refractivity contribution is 7.16. The van der Waals surface area contributed by atoms with Crippen molar-refractivity contribution in [3.8, 4) is 11.1 Å². The number of carbonyl (C=O) groups is 1. The molecule has 0 unspecified atom stereocenters. The number of benzene rings is 2. The van der Waals surface area contributed by atoms with Crippen molar-refractivity contribution in [1.29, 1.82) is 0 Å². The van der Waals surface area contributed by atoms with Gasteiger partial charge in [-0.2, -0.15) is 5.10 Å². The summed E-state index contributed by atoms with van der Waals surface area (Å²) in [6, 6.07) is 15.5. The van der Waals surface area contributed by atoms with Gasteiger partial charge in [-0.25, -0.2) is 0 Å². The Labute approximate surface area is 165 Å². The van der Waals surface area contributed by atoms with Crippen LogP contribution in [0.15, 0.2) is 48.5 Å². The van der Waals surface area contributed by atoms with Crippen LogP contribution in [0.1, 0.15) is 20.8 Å². The van der Waals surface area contributed by atoms with Crippen LogP contribution >= 0.6 is 22.9 Å². The summed E-state index contributed by atoms with van der Waals surface area (Å²) < 4.78 is 0.736. The predicted molar refractivity (Wildman–Crippen MR) is 111 cm³/mol. The molecule has 0 aliphatic carbocycles. The number of nitrogens with one attached hydrogen (secondary N) is 1. The number of thiophene rings is 1. The van der Waals surface area contributed by atoms with Crippen LogP contribution in [0.4, 0.5) is 5.82 Å². The van der Waals surface area contributed by atoms with E-state index in [2.05, 4.69) is 16.3 Å². The molecule has 5 N–H and O–H groups in total. The van der Waals surface area contributed by atoms with E-state index in [1.807, 2.05) is 36.4 Å². The number of halogens is 1. The number of fused-ring (bicyclic) bond motifs is 1. The summed E-state index contributed by atoms with van der Waals surface area (Å²) in [5.41, 5.74) is 15.7. The molecule has 0 radical (unpaired) electrons. The third-order valence-electron chi connectivity index (χ3n) is 4.56. The van der Waals surface area contributed by atoms with Gasteiger partial charge in [-0.3, -0.25) is 9.89 Å². The van der Waals surface area contributed by atoms with Crippen LogP contribution in [0, 0.1) is 0 Å². The number of H-pyrrole nitrogens is 1. The van der Waals surface area contributed by atoms with Gasteiger partial charge in [0.2, 0.25) is 5.91 Å². The lowest BCUT2D eigenvalue weighted by molar-refractivity contribution is 0.0999. The van der Waals surface area contributed by atoms with Crippen LogP contribution in [0.25, 0.3) is 22.0 Å². The Kier molecular flexibility index (Phi) is 4.59. The summed E-state index contributed by atoms with van der Waals surface area (Å²) in [4.78, 5) is 12.7. The summed E-state index contributed by atoms with van der Waals surface area (Å²) in [6.45, 7) is 0. The molecule has 0 spiro atoms. The molecule has 2 aromatic carbocycles. The first-order chi connectivity index (χ1) is 13.0. The molecule has 2 heterocycles. The molecule has 0 atom stereocenters. The molecule has 1 amide bonds. The fraction of sp³-hybridized carbons (Fsp3) is 0.100. The molecule has 5 nitrogen and oxygen atoms in total. The third kappa shape index (κ3) is 3.41. The topological polar surface area (TPSA) is 97.8 Å². The number of primary amides is 1. The van der Waals surface area contributed by atoms with Gasteiger partial charge >= 0.3 is 0 Å². The van der Waals surface area contributed by atoms with Crippen LogP contribution in [0.3, 0.4) is 0 Å². The maximum Gasteiger partial charge on any atom is 0.248 e. The highest BCUT2D eigenvalue weighted by Crippen LogP contribution is 2.37. The molecule has 0 saturated carbocycles. The van der Waals surface area contributed by atoms with Crippen molar-refractivity contribution in [2.45, 2.75) is 12.8 Å². The Morgan fingerprint density at radius 2 is 1.96 bits per heavy atom. The normalized spacial score (nSPS) is 11.1. The van der Waals surface area contributed by atoms with Crippen molar-refractivity contribution in [2.24, 2.45) is 5.73 Å². The Bertz CT molecular complexity index is 1150. The number of anilines is 1. The van der Waals surface area contributed by atoms with Gasteiger partial charge in [-0.15, -0.1) is 11.3 Å². The van der Waals surface area contributed by atoms with Crippen molar-refractivity contribution >= 4 is 45.6 Å². The molecule has 4 rings (SSSR count). The van der Waals surface area contributed by atoms with Gasteiger partial charge in [0.15, 0.2) is 5.82 Å². The van der Waals surface area contributed by atoms with Gasteiger partial charge in [0.05, 0.1) is 5.52 Å². The number of rotatable bonds is 5. The number of aromatic nitrogens is 2. The largest absolute Gasteiger partial charge is 0.382 e. The van der Waals surface area contributed by atoms with Crippen molar-refractivity contribution in [3.05, 3.63) is 68.9 Å². The van der Waals surface area contributed by atoms with E-state index in [0.717, 1.165) is 49.6 Å². The summed E-state index contributed by atoms with van der Waals surface area (Å²) in [6.07, 6.45) is 1.51. The summed E-state index contributed by atoms with van der Waals surface area (Å²) >= 11 is 8.05. The zero-order valence-electron chi connectivity index (χ0n) is 14.3. The molecule has 7 heteroatoms. The molecule has 4 aromatic rings. The van der Waals surface area contributed by atoms with Crippen LogP contribution in [0.5, 0.6) is 0 Å². The van der Waals surface area contributed by atoms with E-state index < -0.39 is 5.91 Å². The summed E-state index contributed by atoms with van der Waals surface area (Å²) in [5.74, 6) is 0.0874. The standard InChI is InChI=1S/C20H17ClN4OS/c21-18-16(12-6-8-15-17(9-12)24-25-19(15)22)10-13(27-18)7-5-11-3-1-2-4-14(11)20(23)26/h1-4,6,8-10H,5,7H2,(H2,23,26)(H3,22,24,25). The lowest BCUT2D eigenvalue weighted by atomic mass is 10.0. The molecule has 27 heavy (non-hydrogen) atoms. The lowest BCUT2D eigenvalue weighted by Gasteiger charge is -2.05. The molecule has 0 bridgehead atoms. The van der Waals surface area contributed by atoms with Gasteiger partial charge in [0, 0.05) is 21.4 Å². The van der Waals surface area contributed by atoms with E-state index in [1.165, 1.54) is 0 Å². The van der Waals surface area contributed by atoms with Gasteiger partial charge in [0.1, 0.15) is 4.34 Å². The minimum atomic E-state index is -0.400. The number of hydrogen-bond acceptors (Lipinski definition) is 4. The Balaban J connectivity index is 1.59. The first kappa shape index (κ1) is 17.6. The number of hydrogen-bond donors (Lipinski definition) is 3. The van der Waals surface area contributed by atoms with Crippen molar-refractivity contribution in [3.63, 3.8) is 0 Å². The highest BCUT2D eigenvalue weighted by atomic mass is 35.5. The molecule has 2 aromatic heterocycles. The monoisotopic (exact) mass is 396 g/mol. The Morgan fingerprint density at radius 1 is 1.15 bits per heavy atom. The van der Waals surface area contributed by atoms with Gasteiger partial charge in [-0.05, 0) is 48.2 Å². The van der Waals surface area contributed by atoms with Crippen molar-refractivity contribution < 1.29 is 4.79 Å². The average Bonchev–Trinajstić information content (AvgIpc) is 3.22. The Hall–Kier alpha value is -2.83. The second-order valence-electron chi connectivity index (χ2n) is 6.29. The van der Waals surface area contributed by atoms with Gasteiger partial charge in [0.25, 0.3) is 0 Å². The molecular formula is C20H17ClN4OS. The zero-order chi connectivity index (χ0) is 19.0. The summed E-state index contributed by atoms with van der Waals surface area (Å²) in [7, 11) is 0. The highest BCUT2D eigenvalue weighted by Gasteiger charge is 2.13. The number of amides is 1. The number of carbonyl (C=O) groups excluding carboxylic acids is 1. The van der Waals surface area contributed by atoms with Crippen LogP contribution in [-0.4, -0.2) is 16.1 Å². The lowest BCUT2D eigenvalue weighted by Crippen LogP contribution is -2.13. The van der Waals surface area contributed by atoms with E-state index in [0.29, 0.717) is 11.4 Å². The number of nitrogens with zero attached hydrogens (tertiary/aromatic N) is 1. The molecule has 0 aliphatic heterocycles. The van der Waals surface area contributed by atoms with Crippen molar-refractivity contribution in [1.82, 2.24) is 10.2 Å². The maximum atomic E-state index is 11.6. The predicted octanol–water partition coefficient (Wildman–Crippen LogP) is 4.41. The first-order valence-electron chi connectivity index (χ1n) is 8.43. The molecule has 0 saturated heterocycles. The number of nitrogen functional groups attached to an aromatic ring is 1. The fourth-order valence-corrected chi connectivity index (χ4v) is 4.54. The van der Waals surface area contributed by atoms with Gasteiger partial charge in [-0.1, -0.05) is 35.9 Å². The van der Waals surface area contributed by atoms with Gasteiger partial charge < -0.3 is 11.5 Å². The zero-order valence-corrected chi connectivity index (χ0v) is 15.9. The molecule has 136 valence electrons. The van der Waals surface area contributed by atoms with E-state index >= 15 is 0 Å².